The Hall–Kier alpha value is -3.18. The van der Waals surface area contributed by atoms with Crippen LogP contribution in [0.1, 0.15) is 72.3 Å². The molecule has 0 heterocycles. The van der Waals surface area contributed by atoms with Crippen LogP contribution in [0.15, 0.2) is 24.3 Å². The van der Waals surface area contributed by atoms with Crippen molar-refractivity contribution in [2.24, 2.45) is 17.6 Å². The molecule has 0 unspecified atom stereocenters. The van der Waals surface area contributed by atoms with Gasteiger partial charge >= 0.3 is 5.97 Å². The number of carboxylic acid groups (broad SMARTS) is 1. The molecule has 0 fully saturated rings. The number of nitrogens with zero attached hydrogens (tertiary/aromatic N) is 2. The quantitative estimate of drug-likeness (QED) is 0.175. The fourth-order valence-electron chi connectivity index (χ4n) is 4.71. The summed E-state index contributed by atoms with van der Waals surface area (Å²) in [5.74, 6) is -3.70. The van der Waals surface area contributed by atoms with Gasteiger partial charge < -0.3 is 36.2 Å². The highest BCUT2D eigenvalue weighted by Crippen LogP contribution is 2.21. The van der Waals surface area contributed by atoms with Gasteiger partial charge in [0.15, 0.2) is 0 Å². The number of hydrogen-bond donors (Lipinski definition) is 5. The number of aromatic hydroxyl groups is 1. The van der Waals surface area contributed by atoms with Crippen LogP contribution in [0.25, 0.3) is 0 Å². The highest BCUT2D eigenvalue weighted by atomic mass is 16.4. The number of aliphatic carboxylic acids is 1. The van der Waals surface area contributed by atoms with Crippen molar-refractivity contribution in [1.29, 1.82) is 0 Å². The summed E-state index contributed by atoms with van der Waals surface area (Å²) in [5, 5.41) is 32.6. The standard InChI is InChI=1S/C30H50N4O7/c1-8-10-11-12-22(31)26(36)27(37)32-24(18(3)4)28(38)34(7)25(19(5)9-2)29(39)33(6)23(30(40)41)17-20-13-15-21(35)16-14-20/h13-16,18-19,22-26,35-36H,8-12,17,31H2,1-7H3,(H,32,37)(H,40,41)/t19-,22-,23-,24-,25-,26-/m0/s1. The van der Waals surface area contributed by atoms with E-state index in [9.17, 15) is 34.5 Å². The SMILES string of the molecule is CCCCC[C@H](N)[C@H](O)C(=O)N[C@H](C(=O)N(C)[C@H](C(=O)N(C)[C@@H](Cc1ccc(O)cc1)C(=O)O)[C@@H](C)CC)C(C)C. The Bertz CT molecular complexity index is 1000. The van der Waals surface area contributed by atoms with Gasteiger partial charge in [-0.2, -0.15) is 0 Å². The molecule has 0 aliphatic heterocycles. The second kappa shape index (κ2) is 16.9. The topological polar surface area (TPSA) is 173 Å². The summed E-state index contributed by atoms with van der Waals surface area (Å²) < 4.78 is 0. The molecule has 3 amide bonds. The number of likely N-dealkylation sites (N-methyl/N-ethyl adjacent to an activating group) is 2. The van der Waals surface area contributed by atoms with Crippen molar-refractivity contribution in [2.45, 2.75) is 103 Å². The van der Waals surface area contributed by atoms with Crippen LogP contribution in [0, 0.1) is 11.8 Å². The van der Waals surface area contributed by atoms with Gasteiger partial charge in [-0.1, -0.05) is 72.4 Å². The van der Waals surface area contributed by atoms with Gasteiger partial charge in [0.1, 0.15) is 30.0 Å². The molecule has 232 valence electrons. The van der Waals surface area contributed by atoms with E-state index in [4.69, 9.17) is 5.73 Å². The molecule has 6 atom stereocenters. The number of hydrogen-bond acceptors (Lipinski definition) is 7. The van der Waals surface area contributed by atoms with E-state index >= 15 is 0 Å². The van der Waals surface area contributed by atoms with Crippen LogP contribution in [0.3, 0.4) is 0 Å². The summed E-state index contributed by atoms with van der Waals surface area (Å²) in [6, 6.07) is 2.04. The predicted molar refractivity (Wildman–Crippen MR) is 157 cm³/mol. The molecule has 0 bridgehead atoms. The van der Waals surface area contributed by atoms with Crippen LogP contribution in [0.2, 0.25) is 0 Å². The zero-order valence-electron chi connectivity index (χ0n) is 25.5. The lowest BCUT2D eigenvalue weighted by molar-refractivity contribution is -0.155. The number of unbranched alkanes of at least 4 members (excludes halogenated alkanes) is 2. The lowest BCUT2D eigenvalue weighted by Gasteiger charge is -2.38. The first kappa shape index (κ1) is 35.8. The number of aliphatic hydroxyl groups is 1. The first-order valence-electron chi connectivity index (χ1n) is 14.5. The number of rotatable bonds is 17. The van der Waals surface area contributed by atoms with Crippen LogP contribution in [-0.4, -0.2) is 93.2 Å². The highest BCUT2D eigenvalue weighted by Gasteiger charge is 2.40. The van der Waals surface area contributed by atoms with Gasteiger partial charge in [-0.15, -0.1) is 0 Å². The molecule has 1 rings (SSSR count). The molecular weight excluding hydrogens is 528 g/mol. The van der Waals surface area contributed by atoms with Crippen LogP contribution in [-0.2, 0) is 25.6 Å². The molecule has 11 nitrogen and oxygen atoms in total. The van der Waals surface area contributed by atoms with Crippen molar-refractivity contribution in [3.63, 3.8) is 0 Å². The van der Waals surface area contributed by atoms with Crippen molar-refractivity contribution < 1.29 is 34.5 Å². The van der Waals surface area contributed by atoms with Crippen molar-refractivity contribution in [2.75, 3.05) is 14.1 Å². The van der Waals surface area contributed by atoms with Gasteiger partial charge in [0.2, 0.25) is 11.8 Å². The number of nitrogens with two attached hydrogens (primary N) is 1. The molecule has 0 saturated carbocycles. The van der Waals surface area contributed by atoms with Gasteiger partial charge in [0.05, 0.1) is 0 Å². The van der Waals surface area contributed by atoms with E-state index in [-0.39, 0.29) is 24.0 Å². The van der Waals surface area contributed by atoms with E-state index in [0.29, 0.717) is 18.4 Å². The summed E-state index contributed by atoms with van der Waals surface area (Å²) >= 11 is 0. The first-order chi connectivity index (χ1) is 19.2. The Morgan fingerprint density at radius 1 is 0.951 bits per heavy atom. The molecule has 0 saturated heterocycles. The van der Waals surface area contributed by atoms with Crippen LogP contribution < -0.4 is 11.1 Å². The molecule has 0 spiro atoms. The van der Waals surface area contributed by atoms with Gasteiger partial charge in [-0.25, -0.2) is 4.79 Å². The van der Waals surface area contributed by atoms with Gasteiger partial charge in [0, 0.05) is 26.6 Å². The molecule has 0 radical (unpaired) electrons. The fraction of sp³-hybridized carbons (Fsp3) is 0.667. The van der Waals surface area contributed by atoms with Crippen LogP contribution in [0.4, 0.5) is 0 Å². The van der Waals surface area contributed by atoms with Crippen LogP contribution in [0.5, 0.6) is 5.75 Å². The molecule has 11 heteroatoms. The van der Waals surface area contributed by atoms with Gasteiger partial charge in [-0.05, 0) is 36.0 Å². The normalized spacial score (nSPS) is 15.8. The molecule has 1 aromatic rings. The molecule has 1 aromatic carbocycles. The lowest BCUT2D eigenvalue weighted by Crippen LogP contribution is -2.60. The summed E-state index contributed by atoms with van der Waals surface area (Å²) in [5.41, 5.74) is 6.64. The van der Waals surface area contributed by atoms with E-state index in [1.807, 2.05) is 13.8 Å². The Balaban J connectivity index is 3.18. The highest BCUT2D eigenvalue weighted by molar-refractivity contribution is 5.94. The van der Waals surface area contributed by atoms with Crippen molar-refractivity contribution in [3.05, 3.63) is 29.8 Å². The molecule has 41 heavy (non-hydrogen) atoms. The number of carboxylic acids is 1. The van der Waals surface area contributed by atoms with Gasteiger partial charge in [0.25, 0.3) is 5.91 Å². The Labute approximate surface area is 244 Å². The maximum atomic E-state index is 13.8. The van der Waals surface area contributed by atoms with E-state index in [0.717, 1.165) is 24.2 Å². The van der Waals surface area contributed by atoms with Crippen molar-refractivity contribution >= 4 is 23.7 Å². The minimum Gasteiger partial charge on any atom is -0.508 e. The Kier molecular flexibility index (Phi) is 14.8. The minimum atomic E-state index is -1.49. The third-order valence-corrected chi connectivity index (χ3v) is 7.71. The molecular formula is C30H50N4O7. The van der Waals surface area contributed by atoms with E-state index < -0.39 is 54.0 Å². The number of carbonyl (C=O) groups excluding carboxylic acids is 3. The Morgan fingerprint density at radius 2 is 1.54 bits per heavy atom. The maximum absolute atomic E-state index is 13.8. The lowest BCUT2D eigenvalue weighted by atomic mass is 9.93. The third kappa shape index (κ3) is 10.3. The summed E-state index contributed by atoms with van der Waals surface area (Å²) in [6.45, 7) is 9.20. The molecule has 0 aliphatic rings. The van der Waals surface area contributed by atoms with E-state index in [2.05, 4.69) is 5.32 Å². The largest absolute Gasteiger partial charge is 0.508 e. The molecule has 6 N–H and O–H groups in total. The average Bonchev–Trinajstić information content (AvgIpc) is 2.93. The second-order valence-electron chi connectivity index (χ2n) is 11.3. The number of nitrogens with one attached hydrogen (secondary N) is 1. The smallest absolute Gasteiger partial charge is 0.326 e. The van der Waals surface area contributed by atoms with E-state index in [1.54, 1.807) is 32.9 Å². The summed E-state index contributed by atoms with van der Waals surface area (Å²) in [7, 11) is 2.86. The first-order valence-corrected chi connectivity index (χ1v) is 14.5. The average molecular weight is 579 g/mol. The zero-order chi connectivity index (χ0) is 31.4. The number of benzene rings is 1. The molecule has 0 aromatic heterocycles. The number of amides is 3. The van der Waals surface area contributed by atoms with Gasteiger partial charge in [-0.3, -0.25) is 14.4 Å². The molecule has 0 aliphatic carbocycles. The summed E-state index contributed by atoms with van der Waals surface area (Å²) in [4.78, 5) is 55.0. The fourth-order valence-corrected chi connectivity index (χ4v) is 4.71. The number of carbonyl (C=O) groups is 4. The predicted octanol–water partition coefficient (Wildman–Crippen LogP) is 2.13. The van der Waals surface area contributed by atoms with Crippen molar-refractivity contribution in [1.82, 2.24) is 15.1 Å². The second-order valence-corrected chi connectivity index (χ2v) is 11.3. The van der Waals surface area contributed by atoms with Crippen molar-refractivity contribution in [3.8, 4) is 5.75 Å². The number of phenols is 1. The monoisotopic (exact) mass is 578 g/mol. The zero-order valence-corrected chi connectivity index (χ0v) is 25.5. The summed E-state index contributed by atoms with van der Waals surface area (Å²) in [6.07, 6.45) is 2.19. The number of phenolic OH excluding ortho intramolecular Hbond substituents is 1. The third-order valence-electron chi connectivity index (χ3n) is 7.71. The minimum absolute atomic E-state index is 0.00379. The number of aliphatic hydroxyl groups excluding tert-OH is 1. The maximum Gasteiger partial charge on any atom is 0.326 e. The van der Waals surface area contributed by atoms with E-state index in [1.165, 1.54) is 31.1 Å². The Morgan fingerprint density at radius 3 is 2.02 bits per heavy atom. The van der Waals surface area contributed by atoms with Crippen LogP contribution >= 0.6 is 0 Å².